The van der Waals surface area contributed by atoms with Crippen LogP contribution in [0.1, 0.15) is 27.7 Å². The topological polar surface area (TPSA) is 44.9 Å². The summed E-state index contributed by atoms with van der Waals surface area (Å²) in [7, 11) is 0. The van der Waals surface area contributed by atoms with Gasteiger partial charge < -0.3 is 4.90 Å². The Hall–Kier alpha value is -0.0557. The minimum atomic E-state index is 0. The number of nitrogens with zero attached hydrogens (tertiary/aromatic N) is 3. The maximum Gasteiger partial charge on any atom is 0.211 e. The van der Waals surface area contributed by atoms with Gasteiger partial charge in [0.15, 0.2) is 0 Å². The van der Waals surface area contributed by atoms with Crippen LogP contribution in [-0.4, -0.2) is 42.0 Å². The molecule has 0 aromatic rings. The first-order valence-electron chi connectivity index (χ1n) is 5.02. The van der Waals surface area contributed by atoms with Crippen molar-refractivity contribution in [3.63, 3.8) is 0 Å². The van der Waals surface area contributed by atoms with Crippen molar-refractivity contribution in [1.82, 2.24) is 9.91 Å². The number of hydrogen-bond acceptors (Lipinski definition) is 2. The van der Waals surface area contributed by atoms with Crippen LogP contribution >= 0.6 is 0 Å². The standard InChI is InChI=1S/C9H22N4.Ti/c1-5-11-9(13(10)8-4)12(6-2)7-3;/h5-8,10H2,1-4H3;. The number of hydrazine groups is 1. The Bertz CT molecular complexity index is 157. The fraction of sp³-hybridized carbons (Fsp3) is 0.889. The summed E-state index contributed by atoms with van der Waals surface area (Å²) < 4.78 is 0. The van der Waals surface area contributed by atoms with E-state index in [4.69, 9.17) is 5.84 Å². The second kappa shape index (κ2) is 9.50. The first kappa shape index (κ1) is 16.4. The molecule has 0 radical (unpaired) electrons. The molecule has 0 bridgehead atoms. The summed E-state index contributed by atoms with van der Waals surface area (Å²) in [6.07, 6.45) is 0. The molecule has 0 spiro atoms. The molecule has 0 aliphatic heterocycles. The monoisotopic (exact) mass is 234 g/mol. The molecule has 0 aliphatic rings. The summed E-state index contributed by atoms with van der Waals surface area (Å²) in [5.41, 5.74) is 0. The Morgan fingerprint density at radius 3 is 1.86 bits per heavy atom. The van der Waals surface area contributed by atoms with E-state index in [1.54, 1.807) is 5.01 Å². The maximum absolute atomic E-state index is 5.82. The number of aliphatic imine (C=N–C) groups is 1. The second-order valence-electron chi connectivity index (χ2n) is 2.73. The molecule has 0 saturated carbocycles. The first-order valence-corrected chi connectivity index (χ1v) is 5.02. The van der Waals surface area contributed by atoms with Gasteiger partial charge in [-0.25, -0.2) is 5.84 Å². The van der Waals surface area contributed by atoms with E-state index in [9.17, 15) is 0 Å². The molecule has 0 atom stereocenters. The second-order valence-corrected chi connectivity index (χ2v) is 2.73. The molecular formula is C9H22N4Ti. The smallest absolute Gasteiger partial charge is 0.211 e. The molecule has 14 heavy (non-hydrogen) atoms. The molecule has 0 aliphatic carbocycles. The van der Waals surface area contributed by atoms with E-state index in [-0.39, 0.29) is 21.7 Å². The van der Waals surface area contributed by atoms with E-state index >= 15 is 0 Å². The zero-order valence-electron chi connectivity index (χ0n) is 9.75. The van der Waals surface area contributed by atoms with E-state index in [1.807, 2.05) is 13.8 Å². The molecule has 4 nitrogen and oxygen atoms in total. The van der Waals surface area contributed by atoms with Gasteiger partial charge in [-0.2, -0.15) is 0 Å². The molecule has 2 N–H and O–H groups in total. The molecule has 0 fully saturated rings. The molecule has 0 amide bonds. The van der Waals surface area contributed by atoms with Crippen LogP contribution in [0.15, 0.2) is 4.99 Å². The van der Waals surface area contributed by atoms with Crippen molar-refractivity contribution in [1.29, 1.82) is 0 Å². The van der Waals surface area contributed by atoms with Gasteiger partial charge >= 0.3 is 0 Å². The Morgan fingerprint density at radius 2 is 1.57 bits per heavy atom. The fourth-order valence-corrected chi connectivity index (χ4v) is 1.16. The van der Waals surface area contributed by atoms with Gasteiger partial charge in [0.2, 0.25) is 5.96 Å². The molecule has 5 heteroatoms. The SMILES string of the molecule is CCN=C(N(N)CC)N(CC)CC.[Ti]. The molecule has 0 aromatic heterocycles. The van der Waals surface area contributed by atoms with Gasteiger partial charge in [-0.1, -0.05) is 0 Å². The van der Waals surface area contributed by atoms with Crippen LogP contribution in [0.5, 0.6) is 0 Å². The summed E-state index contributed by atoms with van der Waals surface area (Å²) in [4.78, 5) is 6.54. The molecule has 0 rings (SSSR count). The number of rotatable bonds is 4. The molecular weight excluding hydrogens is 212 g/mol. The Kier molecular flexibility index (Phi) is 11.1. The van der Waals surface area contributed by atoms with E-state index < -0.39 is 0 Å². The average molecular weight is 234 g/mol. The van der Waals surface area contributed by atoms with Crippen LogP contribution in [0.3, 0.4) is 0 Å². The largest absolute Gasteiger partial charge is 0.342 e. The average Bonchev–Trinajstić information content (AvgIpc) is 2.17. The van der Waals surface area contributed by atoms with Crippen molar-refractivity contribution in [2.45, 2.75) is 27.7 Å². The Morgan fingerprint density at radius 1 is 1.07 bits per heavy atom. The number of guanidine groups is 1. The van der Waals surface area contributed by atoms with Gasteiger partial charge in [-0.3, -0.25) is 10.0 Å². The Labute approximate surface area is 102 Å². The van der Waals surface area contributed by atoms with Crippen molar-refractivity contribution in [3.8, 4) is 0 Å². The van der Waals surface area contributed by atoms with E-state index in [1.165, 1.54) is 0 Å². The predicted molar refractivity (Wildman–Crippen MR) is 57.5 cm³/mol. The molecule has 0 unspecified atom stereocenters. The molecule has 0 saturated heterocycles. The Balaban J connectivity index is 0. The van der Waals surface area contributed by atoms with E-state index in [0.717, 1.165) is 32.1 Å². The molecule has 0 aromatic carbocycles. The van der Waals surface area contributed by atoms with Crippen LogP contribution in [-0.2, 0) is 21.7 Å². The van der Waals surface area contributed by atoms with Crippen LogP contribution in [0.4, 0.5) is 0 Å². The fourth-order valence-electron chi connectivity index (χ4n) is 1.16. The van der Waals surface area contributed by atoms with E-state index in [2.05, 4.69) is 23.7 Å². The van der Waals surface area contributed by atoms with Crippen molar-refractivity contribution >= 4 is 5.96 Å². The van der Waals surface area contributed by atoms with Crippen molar-refractivity contribution < 1.29 is 21.7 Å². The third-order valence-corrected chi connectivity index (χ3v) is 1.94. The normalized spacial score (nSPS) is 10.8. The summed E-state index contributed by atoms with van der Waals surface area (Å²) in [5.74, 6) is 6.71. The summed E-state index contributed by atoms with van der Waals surface area (Å²) in [6.45, 7) is 11.7. The van der Waals surface area contributed by atoms with Gasteiger partial charge in [0.25, 0.3) is 0 Å². The summed E-state index contributed by atoms with van der Waals surface area (Å²) in [5, 5.41) is 1.69. The zero-order valence-corrected chi connectivity index (χ0v) is 11.3. The van der Waals surface area contributed by atoms with Crippen LogP contribution in [0.2, 0.25) is 0 Å². The quantitative estimate of drug-likeness (QED) is 0.258. The van der Waals surface area contributed by atoms with Crippen molar-refractivity contribution in [3.05, 3.63) is 0 Å². The molecule has 0 heterocycles. The third-order valence-electron chi connectivity index (χ3n) is 1.94. The first-order chi connectivity index (χ1) is 6.21. The summed E-state index contributed by atoms with van der Waals surface area (Å²) >= 11 is 0. The van der Waals surface area contributed by atoms with Gasteiger partial charge in [0, 0.05) is 47.9 Å². The zero-order chi connectivity index (χ0) is 10.3. The van der Waals surface area contributed by atoms with Crippen LogP contribution in [0, 0.1) is 0 Å². The van der Waals surface area contributed by atoms with Crippen LogP contribution < -0.4 is 5.84 Å². The van der Waals surface area contributed by atoms with Gasteiger partial charge in [0.05, 0.1) is 0 Å². The number of nitrogens with two attached hydrogens (primary N) is 1. The maximum atomic E-state index is 5.82. The molecule has 82 valence electrons. The predicted octanol–water partition coefficient (Wildman–Crippen LogP) is 0.897. The minimum absolute atomic E-state index is 0. The number of hydrogen-bond donors (Lipinski definition) is 1. The van der Waals surface area contributed by atoms with Crippen molar-refractivity contribution in [2.75, 3.05) is 26.2 Å². The van der Waals surface area contributed by atoms with Gasteiger partial charge in [0.1, 0.15) is 0 Å². The van der Waals surface area contributed by atoms with Crippen molar-refractivity contribution in [2.24, 2.45) is 10.8 Å². The summed E-state index contributed by atoms with van der Waals surface area (Å²) in [6, 6.07) is 0. The van der Waals surface area contributed by atoms with E-state index in [0.29, 0.717) is 0 Å². The van der Waals surface area contributed by atoms with Gasteiger partial charge in [-0.15, -0.1) is 0 Å². The minimum Gasteiger partial charge on any atom is -0.342 e. The van der Waals surface area contributed by atoms with Gasteiger partial charge in [-0.05, 0) is 27.7 Å². The van der Waals surface area contributed by atoms with Crippen LogP contribution in [0.25, 0.3) is 0 Å². The third kappa shape index (κ3) is 4.98.